The van der Waals surface area contributed by atoms with Crippen molar-refractivity contribution in [2.24, 2.45) is 0 Å². The Labute approximate surface area is 123 Å². The predicted molar refractivity (Wildman–Crippen MR) is 80.3 cm³/mol. The second-order valence-electron chi connectivity index (χ2n) is 4.43. The topological polar surface area (TPSA) is 38.3 Å². The molecule has 0 radical (unpaired) electrons. The van der Waals surface area contributed by atoms with Crippen LogP contribution in [0.5, 0.6) is 5.75 Å². The third-order valence-electron chi connectivity index (χ3n) is 2.87. The maximum absolute atomic E-state index is 12.8. The highest BCUT2D eigenvalue weighted by atomic mass is 19.1. The fraction of sp³-hybridized carbons (Fsp3) is 0.118. The van der Waals surface area contributed by atoms with E-state index in [-0.39, 0.29) is 11.7 Å². The van der Waals surface area contributed by atoms with Gasteiger partial charge in [0.1, 0.15) is 18.2 Å². The minimum absolute atomic E-state index is 0.147. The zero-order chi connectivity index (χ0) is 15.1. The molecule has 0 aliphatic heterocycles. The second-order valence-corrected chi connectivity index (χ2v) is 4.43. The molecule has 0 spiro atoms. The van der Waals surface area contributed by atoms with Crippen LogP contribution in [0.25, 0.3) is 6.08 Å². The summed E-state index contributed by atoms with van der Waals surface area (Å²) in [5.74, 6) is 0.314. The number of rotatable bonds is 5. The van der Waals surface area contributed by atoms with E-state index in [9.17, 15) is 9.18 Å². The summed E-state index contributed by atoms with van der Waals surface area (Å²) in [5.41, 5.74) is 1.81. The van der Waals surface area contributed by atoms with Crippen molar-refractivity contribution >= 4 is 12.0 Å². The fourth-order valence-corrected chi connectivity index (χ4v) is 1.68. The molecule has 0 unspecified atom stereocenters. The summed E-state index contributed by atoms with van der Waals surface area (Å²) in [7, 11) is 1.58. The van der Waals surface area contributed by atoms with Crippen molar-refractivity contribution in [3.05, 3.63) is 71.6 Å². The minimum atomic E-state index is -0.258. The normalized spacial score (nSPS) is 10.6. The standard InChI is InChI=1S/C17H16FNO2/c1-19-17(20)11-6-13-4-9-16(10-5-13)21-12-14-2-7-15(18)8-3-14/h2-11H,12H2,1H3,(H,19,20). The Morgan fingerprint density at radius 2 is 1.81 bits per heavy atom. The first-order valence-electron chi connectivity index (χ1n) is 6.54. The lowest BCUT2D eigenvalue weighted by molar-refractivity contribution is -0.115. The van der Waals surface area contributed by atoms with Crippen molar-refractivity contribution in [3.8, 4) is 5.75 Å². The first-order valence-corrected chi connectivity index (χ1v) is 6.54. The summed E-state index contributed by atoms with van der Waals surface area (Å²) in [6, 6.07) is 13.6. The molecule has 0 atom stereocenters. The Balaban J connectivity index is 1.91. The molecule has 0 aromatic heterocycles. The van der Waals surface area contributed by atoms with Gasteiger partial charge >= 0.3 is 0 Å². The van der Waals surface area contributed by atoms with Gasteiger partial charge in [0.2, 0.25) is 5.91 Å². The number of hydrogen-bond acceptors (Lipinski definition) is 2. The third-order valence-corrected chi connectivity index (χ3v) is 2.87. The molecule has 21 heavy (non-hydrogen) atoms. The molecular weight excluding hydrogens is 269 g/mol. The molecule has 0 aliphatic carbocycles. The van der Waals surface area contributed by atoms with Gasteiger partial charge in [-0.3, -0.25) is 4.79 Å². The van der Waals surface area contributed by atoms with Gasteiger partial charge in [0, 0.05) is 13.1 Å². The van der Waals surface area contributed by atoms with Gasteiger partial charge in [0.15, 0.2) is 0 Å². The van der Waals surface area contributed by atoms with E-state index in [1.807, 2.05) is 24.3 Å². The fourth-order valence-electron chi connectivity index (χ4n) is 1.68. The monoisotopic (exact) mass is 285 g/mol. The number of likely N-dealkylation sites (N-methyl/N-ethyl adjacent to an activating group) is 1. The van der Waals surface area contributed by atoms with Crippen LogP contribution in [0, 0.1) is 5.82 Å². The van der Waals surface area contributed by atoms with Gasteiger partial charge in [-0.2, -0.15) is 0 Å². The van der Waals surface area contributed by atoms with Crippen molar-refractivity contribution in [1.82, 2.24) is 5.32 Å². The quantitative estimate of drug-likeness (QED) is 0.857. The van der Waals surface area contributed by atoms with Gasteiger partial charge in [0.25, 0.3) is 0 Å². The largest absolute Gasteiger partial charge is 0.489 e. The van der Waals surface area contributed by atoms with Crippen LogP contribution in [0.3, 0.4) is 0 Å². The summed E-state index contributed by atoms with van der Waals surface area (Å²) < 4.78 is 18.4. The first kappa shape index (κ1) is 14.8. The minimum Gasteiger partial charge on any atom is -0.489 e. The van der Waals surface area contributed by atoms with E-state index in [2.05, 4.69) is 5.32 Å². The van der Waals surface area contributed by atoms with Crippen molar-refractivity contribution < 1.29 is 13.9 Å². The Hall–Kier alpha value is -2.62. The van der Waals surface area contributed by atoms with E-state index in [1.165, 1.54) is 18.2 Å². The Bertz CT molecular complexity index is 618. The molecule has 108 valence electrons. The lowest BCUT2D eigenvalue weighted by Gasteiger charge is -2.06. The maximum Gasteiger partial charge on any atom is 0.243 e. The molecule has 0 bridgehead atoms. The SMILES string of the molecule is CNC(=O)C=Cc1ccc(OCc2ccc(F)cc2)cc1. The predicted octanol–water partition coefficient (Wildman–Crippen LogP) is 3.16. The van der Waals surface area contributed by atoms with E-state index in [0.717, 1.165) is 16.9 Å². The van der Waals surface area contributed by atoms with Crippen LogP contribution in [0.1, 0.15) is 11.1 Å². The van der Waals surface area contributed by atoms with Crippen LogP contribution in [0.15, 0.2) is 54.6 Å². The maximum atomic E-state index is 12.8. The summed E-state index contributed by atoms with van der Waals surface area (Å²) in [6.07, 6.45) is 3.19. The number of carbonyl (C=O) groups is 1. The van der Waals surface area contributed by atoms with Crippen molar-refractivity contribution in [3.63, 3.8) is 0 Å². The van der Waals surface area contributed by atoms with Gasteiger partial charge in [-0.25, -0.2) is 4.39 Å². The van der Waals surface area contributed by atoms with Gasteiger partial charge in [-0.1, -0.05) is 24.3 Å². The zero-order valence-electron chi connectivity index (χ0n) is 11.7. The highest BCUT2D eigenvalue weighted by Crippen LogP contribution is 2.15. The number of halogens is 1. The molecular formula is C17H16FNO2. The Morgan fingerprint density at radius 3 is 2.43 bits per heavy atom. The molecule has 0 heterocycles. The summed E-state index contributed by atoms with van der Waals surface area (Å²) in [6.45, 7) is 0.383. The lowest BCUT2D eigenvalue weighted by atomic mass is 10.2. The Morgan fingerprint density at radius 1 is 1.14 bits per heavy atom. The molecule has 2 rings (SSSR count). The molecule has 4 heteroatoms. The molecule has 0 saturated heterocycles. The van der Waals surface area contributed by atoms with Gasteiger partial charge < -0.3 is 10.1 Å². The number of hydrogen-bond donors (Lipinski definition) is 1. The van der Waals surface area contributed by atoms with E-state index in [0.29, 0.717) is 6.61 Å². The Kier molecular flexibility index (Phi) is 5.10. The smallest absolute Gasteiger partial charge is 0.243 e. The van der Waals surface area contributed by atoms with E-state index in [1.54, 1.807) is 25.3 Å². The van der Waals surface area contributed by atoms with Crippen LogP contribution in [0.2, 0.25) is 0 Å². The molecule has 0 saturated carbocycles. The highest BCUT2D eigenvalue weighted by Gasteiger charge is 1.97. The van der Waals surface area contributed by atoms with Gasteiger partial charge in [-0.05, 0) is 41.5 Å². The number of amides is 1. The summed E-state index contributed by atoms with van der Waals surface area (Å²) in [5, 5.41) is 2.51. The van der Waals surface area contributed by atoms with Gasteiger partial charge in [0.05, 0.1) is 0 Å². The molecule has 2 aromatic carbocycles. The van der Waals surface area contributed by atoms with E-state index < -0.39 is 0 Å². The van der Waals surface area contributed by atoms with Crippen LogP contribution >= 0.6 is 0 Å². The number of carbonyl (C=O) groups excluding carboxylic acids is 1. The number of benzene rings is 2. The second kappa shape index (κ2) is 7.24. The van der Waals surface area contributed by atoms with Crippen molar-refractivity contribution in [1.29, 1.82) is 0 Å². The summed E-state index contributed by atoms with van der Waals surface area (Å²) >= 11 is 0. The van der Waals surface area contributed by atoms with Gasteiger partial charge in [-0.15, -0.1) is 0 Å². The van der Waals surface area contributed by atoms with E-state index >= 15 is 0 Å². The first-order chi connectivity index (χ1) is 10.2. The van der Waals surface area contributed by atoms with Crippen LogP contribution in [-0.4, -0.2) is 13.0 Å². The zero-order valence-corrected chi connectivity index (χ0v) is 11.7. The number of nitrogens with one attached hydrogen (secondary N) is 1. The summed E-state index contributed by atoms with van der Waals surface area (Å²) in [4.78, 5) is 11.1. The van der Waals surface area contributed by atoms with Crippen molar-refractivity contribution in [2.45, 2.75) is 6.61 Å². The third kappa shape index (κ3) is 4.76. The average molecular weight is 285 g/mol. The van der Waals surface area contributed by atoms with Crippen LogP contribution in [-0.2, 0) is 11.4 Å². The van der Waals surface area contributed by atoms with Crippen LogP contribution in [0.4, 0.5) is 4.39 Å². The molecule has 2 aromatic rings. The number of ether oxygens (including phenoxy) is 1. The molecule has 3 nitrogen and oxygen atoms in total. The molecule has 0 fully saturated rings. The molecule has 0 aliphatic rings. The average Bonchev–Trinajstić information content (AvgIpc) is 2.53. The highest BCUT2D eigenvalue weighted by molar-refractivity contribution is 5.91. The lowest BCUT2D eigenvalue weighted by Crippen LogP contribution is -2.13. The molecule has 1 amide bonds. The molecule has 1 N–H and O–H groups in total. The van der Waals surface area contributed by atoms with Crippen LogP contribution < -0.4 is 10.1 Å². The van der Waals surface area contributed by atoms with E-state index in [4.69, 9.17) is 4.74 Å². The van der Waals surface area contributed by atoms with Crippen molar-refractivity contribution in [2.75, 3.05) is 7.05 Å².